The smallest absolute Gasteiger partial charge is 0.195 e. The molecule has 0 radical (unpaired) electrons. The van der Waals surface area contributed by atoms with Gasteiger partial charge in [0.2, 0.25) is 0 Å². The van der Waals surface area contributed by atoms with Gasteiger partial charge in [-0.3, -0.25) is 0 Å². The maximum atomic E-state index is 6.06. The Morgan fingerprint density at radius 2 is 1.68 bits per heavy atom. The van der Waals surface area contributed by atoms with E-state index >= 15 is 0 Å². The highest BCUT2D eigenvalue weighted by Gasteiger charge is 2.16. The second-order valence-corrected chi connectivity index (χ2v) is 5.67. The fraction of sp³-hybridized carbons (Fsp3) is 0.474. The Morgan fingerprint density at radius 1 is 1.05 bits per heavy atom. The maximum Gasteiger partial charge on any atom is 0.195 e. The molecule has 120 valence electrons. The minimum atomic E-state index is 0.610. The zero-order valence-electron chi connectivity index (χ0n) is 14.5. The van der Waals surface area contributed by atoms with E-state index in [9.17, 15) is 0 Å². The average Bonchev–Trinajstić information content (AvgIpc) is 2.84. The van der Waals surface area contributed by atoms with Crippen LogP contribution in [0.5, 0.6) is 5.88 Å². The normalized spacial score (nSPS) is 10.8. The van der Waals surface area contributed by atoms with Gasteiger partial charge < -0.3 is 14.2 Å². The van der Waals surface area contributed by atoms with Crippen molar-refractivity contribution in [2.24, 2.45) is 7.05 Å². The lowest BCUT2D eigenvalue weighted by Gasteiger charge is -2.21. The zero-order valence-corrected chi connectivity index (χ0v) is 14.5. The van der Waals surface area contributed by atoms with Crippen LogP contribution < -0.4 is 9.64 Å². The standard InChI is InChI=1S/C19H28N2O/c1-6-17-18(21(7-2)8-3)13-19(20(17)5)22-14-16-11-9-15(4)10-12-16/h9-13H,6-8,14H2,1-5H3. The number of anilines is 1. The van der Waals surface area contributed by atoms with Crippen molar-refractivity contribution in [3.05, 3.63) is 47.2 Å². The molecule has 2 rings (SSSR count). The molecule has 0 aliphatic rings. The van der Waals surface area contributed by atoms with Gasteiger partial charge in [0.15, 0.2) is 5.88 Å². The van der Waals surface area contributed by atoms with Gasteiger partial charge in [0, 0.05) is 31.9 Å². The third-order valence-corrected chi connectivity index (χ3v) is 4.24. The summed E-state index contributed by atoms with van der Waals surface area (Å²) in [5, 5.41) is 0. The molecule has 0 saturated carbocycles. The second-order valence-electron chi connectivity index (χ2n) is 5.67. The van der Waals surface area contributed by atoms with E-state index < -0.39 is 0 Å². The van der Waals surface area contributed by atoms with Crippen LogP contribution in [0.4, 0.5) is 5.69 Å². The van der Waals surface area contributed by atoms with Crippen molar-refractivity contribution in [2.75, 3.05) is 18.0 Å². The zero-order chi connectivity index (χ0) is 16.1. The fourth-order valence-electron chi connectivity index (χ4n) is 2.84. The number of rotatable bonds is 7. The molecular weight excluding hydrogens is 272 g/mol. The quantitative estimate of drug-likeness (QED) is 0.757. The van der Waals surface area contributed by atoms with Gasteiger partial charge in [-0.25, -0.2) is 0 Å². The number of hydrogen-bond donors (Lipinski definition) is 0. The molecule has 3 nitrogen and oxygen atoms in total. The number of benzene rings is 1. The molecule has 0 atom stereocenters. The molecule has 1 heterocycles. The van der Waals surface area contributed by atoms with Gasteiger partial charge in [0.25, 0.3) is 0 Å². The van der Waals surface area contributed by atoms with Crippen LogP contribution in [0.25, 0.3) is 0 Å². The first-order chi connectivity index (χ1) is 10.6. The molecule has 1 aromatic carbocycles. The lowest BCUT2D eigenvalue weighted by atomic mass is 10.2. The summed E-state index contributed by atoms with van der Waals surface area (Å²) < 4.78 is 8.24. The van der Waals surface area contributed by atoms with E-state index in [4.69, 9.17) is 4.74 Å². The molecule has 0 fully saturated rings. The van der Waals surface area contributed by atoms with Crippen LogP contribution in [0.3, 0.4) is 0 Å². The number of ether oxygens (including phenoxy) is 1. The summed E-state index contributed by atoms with van der Waals surface area (Å²) in [6.45, 7) is 11.3. The van der Waals surface area contributed by atoms with Crippen molar-refractivity contribution in [1.82, 2.24) is 4.57 Å². The van der Waals surface area contributed by atoms with Crippen molar-refractivity contribution in [3.8, 4) is 5.88 Å². The van der Waals surface area contributed by atoms with Crippen LogP contribution in [0.15, 0.2) is 30.3 Å². The van der Waals surface area contributed by atoms with Crippen molar-refractivity contribution < 1.29 is 4.74 Å². The summed E-state index contributed by atoms with van der Waals surface area (Å²) in [5.41, 5.74) is 5.12. The molecule has 0 spiro atoms. The first-order valence-corrected chi connectivity index (χ1v) is 8.22. The van der Waals surface area contributed by atoms with Crippen LogP contribution >= 0.6 is 0 Å². The Kier molecular flexibility index (Phi) is 5.53. The monoisotopic (exact) mass is 300 g/mol. The highest BCUT2D eigenvalue weighted by molar-refractivity contribution is 5.56. The van der Waals surface area contributed by atoms with E-state index in [1.165, 1.54) is 22.5 Å². The number of nitrogens with zero attached hydrogens (tertiary/aromatic N) is 2. The van der Waals surface area contributed by atoms with E-state index in [-0.39, 0.29) is 0 Å². The number of hydrogen-bond acceptors (Lipinski definition) is 2. The molecule has 0 saturated heterocycles. The van der Waals surface area contributed by atoms with Crippen LogP contribution in [-0.4, -0.2) is 17.7 Å². The van der Waals surface area contributed by atoms with Crippen molar-refractivity contribution >= 4 is 5.69 Å². The van der Waals surface area contributed by atoms with E-state index in [0.717, 1.165) is 25.4 Å². The average molecular weight is 300 g/mol. The molecule has 0 aliphatic carbocycles. The predicted octanol–water partition coefficient (Wildman–Crippen LogP) is 4.32. The van der Waals surface area contributed by atoms with Crippen LogP contribution in [0.1, 0.15) is 37.6 Å². The molecule has 0 unspecified atom stereocenters. The topological polar surface area (TPSA) is 17.4 Å². The maximum absolute atomic E-state index is 6.06. The Labute approximate surface area is 134 Å². The Balaban J connectivity index is 2.18. The summed E-state index contributed by atoms with van der Waals surface area (Å²) in [4.78, 5) is 2.39. The van der Waals surface area contributed by atoms with Crippen molar-refractivity contribution in [3.63, 3.8) is 0 Å². The van der Waals surface area contributed by atoms with Gasteiger partial charge in [0.05, 0.1) is 5.69 Å². The highest BCUT2D eigenvalue weighted by atomic mass is 16.5. The van der Waals surface area contributed by atoms with Gasteiger partial charge in [0.1, 0.15) is 6.61 Å². The Bertz CT molecular complexity index is 595. The first-order valence-electron chi connectivity index (χ1n) is 8.22. The molecule has 2 aromatic rings. The van der Waals surface area contributed by atoms with Crippen LogP contribution in [-0.2, 0) is 20.1 Å². The molecule has 3 heteroatoms. The first kappa shape index (κ1) is 16.5. The van der Waals surface area contributed by atoms with Gasteiger partial charge in [-0.1, -0.05) is 36.8 Å². The Morgan fingerprint density at radius 3 is 2.23 bits per heavy atom. The third-order valence-electron chi connectivity index (χ3n) is 4.24. The molecule has 0 aliphatic heterocycles. The van der Waals surface area contributed by atoms with Gasteiger partial charge in [-0.05, 0) is 32.8 Å². The summed E-state index contributed by atoms with van der Waals surface area (Å²) in [6.07, 6.45) is 1.01. The molecule has 0 N–H and O–H groups in total. The summed E-state index contributed by atoms with van der Waals surface area (Å²) >= 11 is 0. The summed E-state index contributed by atoms with van der Waals surface area (Å²) in [7, 11) is 2.09. The fourth-order valence-corrected chi connectivity index (χ4v) is 2.84. The van der Waals surface area contributed by atoms with Crippen LogP contribution in [0.2, 0.25) is 0 Å². The third kappa shape index (κ3) is 3.46. The van der Waals surface area contributed by atoms with E-state index in [0.29, 0.717) is 6.61 Å². The molecule has 22 heavy (non-hydrogen) atoms. The lowest BCUT2D eigenvalue weighted by molar-refractivity contribution is 0.283. The highest BCUT2D eigenvalue weighted by Crippen LogP contribution is 2.30. The minimum Gasteiger partial charge on any atom is -0.474 e. The van der Waals surface area contributed by atoms with Gasteiger partial charge >= 0.3 is 0 Å². The van der Waals surface area contributed by atoms with Gasteiger partial charge in [-0.2, -0.15) is 0 Å². The second kappa shape index (κ2) is 7.39. The van der Waals surface area contributed by atoms with Crippen LogP contribution in [0, 0.1) is 6.92 Å². The Hall–Kier alpha value is -1.90. The number of aromatic nitrogens is 1. The van der Waals surface area contributed by atoms with Crippen molar-refractivity contribution in [1.29, 1.82) is 0 Å². The van der Waals surface area contributed by atoms with E-state index in [2.05, 4.69) is 74.5 Å². The van der Waals surface area contributed by atoms with E-state index in [1.807, 2.05) is 0 Å². The molecule has 0 amide bonds. The minimum absolute atomic E-state index is 0.610. The molecule has 1 aromatic heterocycles. The summed E-state index contributed by atoms with van der Waals surface area (Å²) in [6, 6.07) is 10.7. The number of aryl methyl sites for hydroxylation is 1. The molecule has 0 bridgehead atoms. The van der Waals surface area contributed by atoms with Gasteiger partial charge in [-0.15, -0.1) is 0 Å². The predicted molar refractivity (Wildman–Crippen MR) is 93.9 cm³/mol. The SMILES string of the molecule is CCc1c(N(CC)CC)cc(OCc2ccc(C)cc2)n1C. The lowest BCUT2D eigenvalue weighted by Crippen LogP contribution is -2.22. The van der Waals surface area contributed by atoms with Crippen molar-refractivity contribution in [2.45, 2.75) is 40.7 Å². The summed E-state index contributed by atoms with van der Waals surface area (Å²) in [5.74, 6) is 0.944. The van der Waals surface area contributed by atoms with E-state index in [1.54, 1.807) is 0 Å². The molecular formula is C19H28N2O. The largest absolute Gasteiger partial charge is 0.474 e.